The Bertz CT molecular complexity index is 1290. The van der Waals surface area contributed by atoms with E-state index < -0.39 is 63.4 Å². The summed E-state index contributed by atoms with van der Waals surface area (Å²) in [6.07, 6.45) is -5.11. The number of amides is 2. The van der Waals surface area contributed by atoms with E-state index in [2.05, 4.69) is 5.32 Å². The first-order valence-corrected chi connectivity index (χ1v) is 9.41. The molecule has 3 rings (SSSR count). The zero-order valence-electron chi connectivity index (χ0n) is 18.9. The van der Waals surface area contributed by atoms with E-state index in [0.717, 1.165) is 17.0 Å². The van der Waals surface area contributed by atoms with Crippen LogP contribution >= 0.6 is 12.2 Å². The molecule has 6 nitrogen and oxygen atoms in total. The minimum Gasteiger partial charge on any atom is -0.355 e. The Morgan fingerprint density at radius 1 is 1.28 bits per heavy atom. The Hall–Kier alpha value is -3.52. The number of carbonyl (C=O) groups is 2. The number of alkyl halides is 3. The number of nitriles is 1. The van der Waals surface area contributed by atoms with Gasteiger partial charge in [-0.2, -0.15) is 18.4 Å². The summed E-state index contributed by atoms with van der Waals surface area (Å²) < 4.78 is 71.6. The van der Waals surface area contributed by atoms with Crippen molar-refractivity contribution < 1.29 is 29.9 Å². The number of carbonyl (C=O) groups excluding carboxylic acids is 2. The molecular weight excluding hydrogens is 448 g/mol. The van der Waals surface area contributed by atoms with E-state index in [9.17, 15) is 27.2 Å². The standard InChI is InChI=1S/C21H16F4N4O2S/c1-20(2)18(31)28(12-5-4-11(10-26)15(8-12)21(23,24)25)19(32)29(20)13-6-7-14(16(22)9-13)17(30)27-3/h4-9H,1-3H3,(H,27,30)/i5D,8D. The van der Waals surface area contributed by atoms with Crippen molar-refractivity contribution in [2.45, 2.75) is 25.6 Å². The second kappa shape index (κ2) is 7.87. The molecule has 0 spiro atoms. The summed E-state index contributed by atoms with van der Waals surface area (Å²) in [7, 11) is 1.31. The third kappa shape index (κ3) is 3.67. The van der Waals surface area contributed by atoms with Crippen molar-refractivity contribution >= 4 is 40.5 Å². The molecule has 0 unspecified atom stereocenters. The van der Waals surface area contributed by atoms with Gasteiger partial charge in [0.2, 0.25) is 0 Å². The first kappa shape index (κ1) is 20.4. The van der Waals surface area contributed by atoms with Gasteiger partial charge in [0.1, 0.15) is 11.4 Å². The van der Waals surface area contributed by atoms with Crippen molar-refractivity contribution in [1.29, 1.82) is 5.26 Å². The Balaban J connectivity index is 2.21. The van der Waals surface area contributed by atoms with Crippen molar-refractivity contribution in [2.24, 2.45) is 0 Å². The SMILES string of the molecule is [2H]c1cc(C#N)c(C(F)(F)F)c([2H])c1N1C(=O)C(C)(C)N(c2ccc(C(=O)NC)c(F)c2)C1=S. The monoisotopic (exact) mass is 466 g/mol. The number of hydrogen-bond acceptors (Lipinski definition) is 4. The average molecular weight is 466 g/mol. The molecular formula is C21H16F4N4O2S. The van der Waals surface area contributed by atoms with E-state index >= 15 is 0 Å². The fourth-order valence-electron chi connectivity index (χ4n) is 3.25. The zero-order chi connectivity index (χ0) is 25.7. The fourth-order valence-corrected chi connectivity index (χ4v) is 3.76. The Kier molecular flexibility index (Phi) is 5.01. The minimum absolute atomic E-state index is 0.0266. The minimum atomic E-state index is -5.11. The lowest BCUT2D eigenvalue weighted by molar-refractivity contribution is -0.137. The van der Waals surface area contributed by atoms with Crippen molar-refractivity contribution in [3.63, 3.8) is 0 Å². The predicted molar refractivity (Wildman–Crippen MR) is 113 cm³/mol. The lowest BCUT2D eigenvalue weighted by Gasteiger charge is -2.29. The van der Waals surface area contributed by atoms with Crippen LogP contribution in [0.5, 0.6) is 0 Å². The summed E-state index contributed by atoms with van der Waals surface area (Å²) in [4.78, 5) is 26.8. The first-order valence-electron chi connectivity index (χ1n) is 10.00. The molecule has 11 heteroatoms. The molecule has 1 heterocycles. The van der Waals surface area contributed by atoms with E-state index in [1.54, 1.807) is 0 Å². The fraction of sp³-hybridized carbons (Fsp3) is 0.238. The van der Waals surface area contributed by atoms with E-state index in [-0.39, 0.29) is 11.3 Å². The molecule has 1 aliphatic heterocycles. The van der Waals surface area contributed by atoms with Gasteiger partial charge >= 0.3 is 6.18 Å². The highest BCUT2D eigenvalue weighted by molar-refractivity contribution is 7.81. The van der Waals surface area contributed by atoms with Crippen molar-refractivity contribution in [3.05, 3.63) is 58.9 Å². The van der Waals surface area contributed by atoms with Gasteiger partial charge in [-0.25, -0.2) is 4.39 Å². The van der Waals surface area contributed by atoms with Crippen LogP contribution in [0.4, 0.5) is 28.9 Å². The van der Waals surface area contributed by atoms with E-state index in [1.165, 1.54) is 33.0 Å². The maximum Gasteiger partial charge on any atom is 0.417 e. The van der Waals surface area contributed by atoms with Crippen molar-refractivity contribution in [3.8, 4) is 6.07 Å². The molecule has 0 aromatic heterocycles. The van der Waals surface area contributed by atoms with Crippen LogP contribution in [0, 0.1) is 17.1 Å². The summed E-state index contributed by atoms with van der Waals surface area (Å²) in [5.41, 5.74) is -5.09. The molecule has 0 saturated carbocycles. The van der Waals surface area contributed by atoms with E-state index in [0.29, 0.717) is 11.0 Å². The van der Waals surface area contributed by atoms with Crippen LogP contribution in [0.1, 0.15) is 38.1 Å². The normalized spacial score (nSPS) is 16.6. The zero-order valence-corrected chi connectivity index (χ0v) is 17.7. The Morgan fingerprint density at radius 2 is 1.94 bits per heavy atom. The molecule has 166 valence electrons. The second-order valence-electron chi connectivity index (χ2n) is 7.22. The smallest absolute Gasteiger partial charge is 0.355 e. The van der Waals surface area contributed by atoms with Gasteiger partial charge in [0.05, 0.1) is 31.2 Å². The van der Waals surface area contributed by atoms with Gasteiger partial charge in [-0.1, -0.05) is 0 Å². The van der Waals surface area contributed by atoms with Crippen molar-refractivity contribution in [2.75, 3.05) is 16.8 Å². The number of rotatable bonds is 3. The molecule has 2 amide bonds. The van der Waals surface area contributed by atoms with Crippen LogP contribution in [0.15, 0.2) is 36.4 Å². The topological polar surface area (TPSA) is 76.4 Å². The largest absolute Gasteiger partial charge is 0.417 e. The second-order valence-corrected chi connectivity index (χ2v) is 7.59. The van der Waals surface area contributed by atoms with Crippen LogP contribution in [0.25, 0.3) is 0 Å². The van der Waals surface area contributed by atoms with Gasteiger partial charge in [-0.05, 0) is 62.4 Å². The lowest BCUT2D eigenvalue weighted by atomic mass is 10.0. The number of anilines is 2. The summed E-state index contributed by atoms with van der Waals surface area (Å²) in [6.45, 7) is 2.77. The lowest BCUT2D eigenvalue weighted by Crippen LogP contribution is -2.44. The van der Waals surface area contributed by atoms with Crippen LogP contribution < -0.4 is 15.1 Å². The Morgan fingerprint density at radius 3 is 2.47 bits per heavy atom. The molecule has 1 fully saturated rings. The highest BCUT2D eigenvalue weighted by Crippen LogP contribution is 2.39. The van der Waals surface area contributed by atoms with Crippen LogP contribution in [-0.4, -0.2) is 29.5 Å². The number of halogens is 4. The van der Waals surface area contributed by atoms with Gasteiger partial charge in [-0.15, -0.1) is 0 Å². The van der Waals surface area contributed by atoms with Gasteiger partial charge in [0.25, 0.3) is 11.8 Å². The molecule has 1 saturated heterocycles. The number of hydrogen-bond donors (Lipinski definition) is 1. The highest BCUT2D eigenvalue weighted by atomic mass is 32.1. The molecule has 0 radical (unpaired) electrons. The van der Waals surface area contributed by atoms with E-state index in [1.807, 2.05) is 0 Å². The van der Waals surface area contributed by atoms with Gasteiger partial charge in [0, 0.05) is 12.7 Å². The third-order valence-electron chi connectivity index (χ3n) is 4.84. The predicted octanol–water partition coefficient (Wildman–Crippen LogP) is 3.99. The quantitative estimate of drug-likeness (QED) is 0.547. The third-order valence-corrected chi connectivity index (χ3v) is 5.21. The summed E-state index contributed by atoms with van der Waals surface area (Å²) in [6, 6.07) is 3.39. The van der Waals surface area contributed by atoms with Crippen LogP contribution in [-0.2, 0) is 11.0 Å². The molecule has 32 heavy (non-hydrogen) atoms. The Labute approximate surface area is 188 Å². The first-order chi connectivity index (χ1) is 15.7. The van der Waals surface area contributed by atoms with Crippen LogP contribution in [0.3, 0.4) is 0 Å². The molecule has 2 aromatic carbocycles. The maximum atomic E-state index is 14.6. The van der Waals surface area contributed by atoms with E-state index in [4.69, 9.17) is 20.2 Å². The van der Waals surface area contributed by atoms with Gasteiger partial charge in [0.15, 0.2) is 5.11 Å². The summed E-state index contributed by atoms with van der Waals surface area (Å²) >= 11 is 5.34. The number of benzene rings is 2. The van der Waals surface area contributed by atoms with Gasteiger partial charge < -0.3 is 10.2 Å². The average Bonchev–Trinajstić information content (AvgIpc) is 2.90. The summed E-state index contributed by atoms with van der Waals surface area (Å²) in [5.74, 6) is -2.49. The molecule has 1 N–H and O–H groups in total. The maximum absolute atomic E-state index is 14.6. The molecule has 0 atom stereocenters. The van der Waals surface area contributed by atoms with Gasteiger partial charge in [-0.3, -0.25) is 14.5 Å². The molecule has 2 aromatic rings. The molecule has 0 bridgehead atoms. The number of thiocarbonyl (C=S) groups is 1. The molecule has 1 aliphatic rings. The summed E-state index contributed by atoms with van der Waals surface area (Å²) in [5, 5.41) is 10.9. The number of nitrogens with zero attached hydrogens (tertiary/aromatic N) is 3. The van der Waals surface area contributed by atoms with Crippen LogP contribution in [0.2, 0.25) is 0 Å². The highest BCUT2D eigenvalue weighted by Gasteiger charge is 2.50. The molecule has 0 aliphatic carbocycles. The number of nitrogens with one attached hydrogen (secondary N) is 1. The van der Waals surface area contributed by atoms with Crippen molar-refractivity contribution in [1.82, 2.24) is 5.32 Å².